The summed E-state index contributed by atoms with van der Waals surface area (Å²) in [6.07, 6.45) is 1.68. The third-order valence-electron chi connectivity index (χ3n) is 3.77. The molecular formula is C17H15NO4S. The number of nitrogens with zero attached hydrogens (tertiary/aromatic N) is 1. The van der Waals surface area contributed by atoms with Crippen molar-refractivity contribution >= 4 is 27.2 Å². The summed E-state index contributed by atoms with van der Waals surface area (Å²) in [6, 6.07) is 11.5. The Balaban J connectivity index is 2.32. The molecule has 0 unspecified atom stereocenters. The Labute approximate surface area is 134 Å². The minimum atomic E-state index is -3.64. The number of carboxylic acid groups (broad SMARTS) is 1. The molecule has 0 spiro atoms. The molecule has 0 amide bonds. The highest BCUT2D eigenvalue weighted by Crippen LogP contribution is 2.39. The molecule has 0 radical (unpaired) electrons. The van der Waals surface area contributed by atoms with Crippen molar-refractivity contribution < 1.29 is 18.3 Å². The van der Waals surface area contributed by atoms with Gasteiger partial charge in [0, 0.05) is 12.2 Å². The zero-order valence-corrected chi connectivity index (χ0v) is 13.1. The van der Waals surface area contributed by atoms with Gasteiger partial charge in [0.25, 0.3) is 0 Å². The predicted molar refractivity (Wildman–Crippen MR) is 87.9 cm³/mol. The van der Waals surface area contributed by atoms with E-state index in [0.29, 0.717) is 17.8 Å². The van der Waals surface area contributed by atoms with Crippen molar-refractivity contribution in [3.63, 3.8) is 0 Å². The molecule has 23 heavy (non-hydrogen) atoms. The van der Waals surface area contributed by atoms with Crippen LogP contribution < -0.4 is 4.90 Å². The number of anilines is 2. The zero-order chi connectivity index (χ0) is 16.6. The van der Waals surface area contributed by atoms with Crippen molar-refractivity contribution in [2.45, 2.75) is 10.6 Å². The molecule has 118 valence electrons. The quantitative estimate of drug-likeness (QED) is 0.876. The van der Waals surface area contributed by atoms with Crippen LogP contribution >= 0.6 is 0 Å². The lowest BCUT2D eigenvalue weighted by Gasteiger charge is -2.25. The topological polar surface area (TPSA) is 74.7 Å². The number of para-hydroxylation sites is 1. The number of carboxylic acids is 1. The summed E-state index contributed by atoms with van der Waals surface area (Å²) < 4.78 is 25.5. The molecule has 0 saturated carbocycles. The van der Waals surface area contributed by atoms with E-state index in [1.165, 1.54) is 12.1 Å². The number of benzene rings is 2. The Morgan fingerprint density at radius 1 is 1.22 bits per heavy atom. The van der Waals surface area contributed by atoms with Crippen LogP contribution in [0.4, 0.5) is 11.4 Å². The molecule has 0 atom stereocenters. The number of hydrogen-bond acceptors (Lipinski definition) is 4. The lowest BCUT2D eigenvalue weighted by atomic mass is 10.1. The van der Waals surface area contributed by atoms with Crippen LogP contribution in [0.25, 0.3) is 0 Å². The Bertz CT molecular complexity index is 903. The molecule has 0 saturated heterocycles. The molecule has 0 bridgehead atoms. The monoisotopic (exact) mass is 329 g/mol. The Morgan fingerprint density at radius 3 is 2.65 bits per heavy atom. The Morgan fingerprint density at radius 2 is 1.96 bits per heavy atom. The van der Waals surface area contributed by atoms with Gasteiger partial charge in [0.05, 0.1) is 21.9 Å². The fourth-order valence-corrected chi connectivity index (χ4v) is 4.37. The average Bonchev–Trinajstić information content (AvgIpc) is 2.61. The summed E-state index contributed by atoms with van der Waals surface area (Å²) in [5.41, 5.74) is 1.90. The third-order valence-corrected chi connectivity index (χ3v) is 5.46. The predicted octanol–water partition coefficient (Wildman–Crippen LogP) is 3.00. The first-order valence-corrected chi connectivity index (χ1v) is 8.66. The number of rotatable bonds is 3. The third kappa shape index (κ3) is 2.61. The first-order valence-electron chi connectivity index (χ1n) is 7.00. The molecule has 3 rings (SSSR count). The van der Waals surface area contributed by atoms with Crippen LogP contribution in [0.1, 0.15) is 15.9 Å². The highest BCUT2D eigenvalue weighted by Gasteiger charge is 2.30. The average molecular weight is 329 g/mol. The van der Waals surface area contributed by atoms with E-state index in [0.717, 1.165) is 5.69 Å². The highest BCUT2D eigenvalue weighted by molar-refractivity contribution is 7.90. The maximum absolute atomic E-state index is 12.7. The van der Waals surface area contributed by atoms with Crippen molar-refractivity contribution in [2.75, 3.05) is 11.4 Å². The Hall–Kier alpha value is -2.60. The second-order valence-electron chi connectivity index (χ2n) is 5.27. The second kappa shape index (κ2) is 5.55. The summed E-state index contributed by atoms with van der Waals surface area (Å²) >= 11 is 0. The molecule has 1 N–H and O–H groups in total. The summed E-state index contributed by atoms with van der Waals surface area (Å²) in [4.78, 5) is 13.1. The number of aromatic carboxylic acids is 1. The first-order chi connectivity index (χ1) is 10.9. The standard InChI is InChI=1S/C17H15NO4S/c1-2-9-18-14-6-4-3-5-13(14)11-23(21,22)16-10-12(17(19)20)7-8-15(16)18/h2-8,10H,1,9,11H2,(H,19,20). The second-order valence-corrected chi connectivity index (χ2v) is 7.23. The fraction of sp³-hybridized carbons (Fsp3) is 0.118. The van der Waals surface area contributed by atoms with Crippen LogP contribution in [0.2, 0.25) is 0 Å². The van der Waals surface area contributed by atoms with Gasteiger partial charge in [-0.05, 0) is 29.8 Å². The summed E-state index contributed by atoms with van der Waals surface area (Å²) in [6.45, 7) is 4.15. The van der Waals surface area contributed by atoms with Crippen molar-refractivity contribution in [3.8, 4) is 0 Å². The van der Waals surface area contributed by atoms with Crippen molar-refractivity contribution in [1.82, 2.24) is 0 Å². The number of fused-ring (bicyclic) bond motifs is 2. The van der Waals surface area contributed by atoms with E-state index in [9.17, 15) is 13.2 Å². The van der Waals surface area contributed by atoms with E-state index in [1.54, 1.807) is 24.3 Å². The molecule has 2 aromatic carbocycles. The number of sulfone groups is 1. The molecule has 2 aromatic rings. The SMILES string of the molecule is C=CCN1c2ccccc2CS(=O)(=O)c2cc(C(=O)O)ccc21. The zero-order valence-electron chi connectivity index (χ0n) is 12.3. The van der Waals surface area contributed by atoms with Crippen molar-refractivity contribution in [2.24, 2.45) is 0 Å². The van der Waals surface area contributed by atoms with Crippen LogP contribution in [0.3, 0.4) is 0 Å². The van der Waals surface area contributed by atoms with Crippen LogP contribution in [-0.4, -0.2) is 26.0 Å². The van der Waals surface area contributed by atoms with Gasteiger partial charge in [0.1, 0.15) is 0 Å². The maximum Gasteiger partial charge on any atom is 0.335 e. The van der Waals surface area contributed by atoms with Gasteiger partial charge in [-0.25, -0.2) is 13.2 Å². The van der Waals surface area contributed by atoms with E-state index < -0.39 is 15.8 Å². The van der Waals surface area contributed by atoms with Gasteiger partial charge in [0.15, 0.2) is 9.84 Å². The molecule has 0 aromatic heterocycles. The molecule has 1 aliphatic heterocycles. The van der Waals surface area contributed by atoms with Gasteiger partial charge in [-0.1, -0.05) is 24.3 Å². The lowest BCUT2D eigenvalue weighted by molar-refractivity contribution is 0.0696. The molecule has 6 heteroatoms. The van der Waals surface area contributed by atoms with Crippen LogP contribution in [-0.2, 0) is 15.6 Å². The minimum absolute atomic E-state index is 0.0375. The van der Waals surface area contributed by atoms with E-state index in [1.807, 2.05) is 17.0 Å². The molecule has 0 fully saturated rings. The highest BCUT2D eigenvalue weighted by atomic mass is 32.2. The van der Waals surface area contributed by atoms with Crippen LogP contribution in [0.5, 0.6) is 0 Å². The van der Waals surface area contributed by atoms with E-state index >= 15 is 0 Å². The van der Waals surface area contributed by atoms with Gasteiger partial charge in [-0.15, -0.1) is 6.58 Å². The molecule has 0 aliphatic carbocycles. The number of hydrogen-bond donors (Lipinski definition) is 1. The molecule has 1 heterocycles. The van der Waals surface area contributed by atoms with E-state index in [4.69, 9.17) is 5.11 Å². The minimum Gasteiger partial charge on any atom is -0.478 e. The normalized spacial score (nSPS) is 15.2. The first kappa shape index (κ1) is 15.3. The fourth-order valence-electron chi connectivity index (χ4n) is 2.75. The van der Waals surface area contributed by atoms with Gasteiger partial charge < -0.3 is 10.0 Å². The summed E-state index contributed by atoms with van der Waals surface area (Å²) in [5, 5.41) is 9.15. The molecule has 1 aliphatic rings. The van der Waals surface area contributed by atoms with Gasteiger partial charge >= 0.3 is 5.97 Å². The number of carbonyl (C=O) groups is 1. The van der Waals surface area contributed by atoms with E-state index in [2.05, 4.69) is 6.58 Å². The van der Waals surface area contributed by atoms with Crippen LogP contribution in [0.15, 0.2) is 60.0 Å². The Kier molecular flexibility index (Phi) is 3.69. The van der Waals surface area contributed by atoms with Gasteiger partial charge in [0.2, 0.25) is 0 Å². The van der Waals surface area contributed by atoms with Gasteiger partial charge in [-0.3, -0.25) is 0 Å². The smallest absolute Gasteiger partial charge is 0.335 e. The van der Waals surface area contributed by atoms with E-state index in [-0.39, 0.29) is 16.2 Å². The van der Waals surface area contributed by atoms with Gasteiger partial charge in [-0.2, -0.15) is 0 Å². The molecule has 5 nitrogen and oxygen atoms in total. The van der Waals surface area contributed by atoms with Crippen LogP contribution in [0, 0.1) is 0 Å². The van der Waals surface area contributed by atoms with Crippen molar-refractivity contribution in [3.05, 3.63) is 66.2 Å². The largest absolute Gasteiger partial charge is 0.478 e. The molecular weight excluding hydrogens is 314 g/mol. The maximum atomic E-state index is 12.7. The summed E-state index contributed by atoms with van der Waals surface area (Å²) in [5.74, 6) is -1.31. The van der Waals surface area contributed by atoms with Crippen molar-refractivity contribution in [1.29, 1.82) is 0 Å². The summed E-state index contributed by atoms with van der Waals surface area (Å²) in [7, 11) is -3.64. The lowest BCUT2D eigenvalue weighted by Crippen LogP contribution is -2.18.